The van der Waals surface area contributed by atoms with Crippen molar-refractivity contribution < 1.29 is 13.2 Å². The fraction of sp³-hybridized carbons (Fsp3) is 0.536. The molecule has 0 bridgehead atoms. The maximum atomic E-state index is 11.5. The van der Waals surface area contributed by atoms with E-state index in [2.05, 4.69) is 56.8 Å². The lowest BCUT2D eigenvalue weighted by Crippen LogP contribution is -2.48. The van der Waals surface area contributed by atoms with Crippen LogP contribution in [0.25, 0.3) is 16.7 Å². The molecule has 3 aromatic rings. The Hall–Kier alpha value is -2.94. The van der Waals surface area contributed by atoms with Gasteiger partial charge in [-0.3, -0.25) is 4.79 Å². The predicted octanol–water partition coefficient (Wildman–Crippen LogP) is 4.25. The van der Waals surface area contributed by atoms with Gasteiger partial charge in [0.25, 0.3) is 0 Å². The largest absolute Gasteiger partial charge is 0.367 e. The van der Waals surface area contributed by atoms with Crippen LogP contribution in [0.4, 0.5) is 5.69 Å². The van der Waals surface area contributed by atoms with Gasteiger partial charge in [-0.2, -0.15) is 0 Å². The van der Waals surface area contributed by atoms with Gasteiger partial charge in [-0.1, -0.05) is 25.8 Å². The van der Waals surface area contributed by atoms with Crippen LogP contribution in [0.15, 0.2) is 42.7 Å². The molecule has 1 aromatic carbocycles. The number of nitrogens with zero attached hydrogens (tertiary/aromatic N) is 5. The van der Waals surface area contributed by atoms with Crippen LogP contribution >= 0.6 is 0 Å². The highest BCUT2D eigenvalue weighted by atomic mass is 32.2. The molecule has 1 saturated heterocycles. The highest BCUT2D eigenvalue weighted by Crippen LogP contribution is 2.30. The molecule has 0 N–H and O–H groups in total. The lowest BCUT2D eigenvalue weighted by Gasteiger charge is -2.36. The van der Waals surface area contributed by atoms with Crippen molar-refractivity contribution in [1.29, 1.82) is 0 Å². The number of hydrogen-bond acceptors (Lipinski definition) is 6. The zero-order valence-corrected chi connectivity index (χ0v) is 23.2. The number of rotatable bonds is 4. The third kappa shape index (κ3) is 7.09. The summed E-state index contributed by atoms with van der Waals surface area (Å²) in [6.45, 7) is 9.05. The molecule has 0 unspecified atom stereocenters. The van der Waals surface area contributed by atoms with Crippen molar-refractivity contribution in [3.05, 3.63) is 48.5 Å². The zero-order chi connectivity index (χ0) is 26.6. The molecule has 1 saturated carbocycles. The number of amides is 1. The molecule has 37 heavy (non-hydrogen) atoms. The van der Waals surface area contributed by atoms with Crippen LogP contribution in [-0.4, -0.2) is 71.9 Å². The molecule has 3 heterocycles. The summed E-state index contributed by atoms with van der Waals surface area (Å²) >= 11 is 0. The van der Waals surface area contributed by atoms with Crippen LogP contribution < -0.4 is 4.90 Å². The molecule has 200 valence electrons. The summed E-state index contributed by atoms with van der Waals surface area (Å²) in [5.41, 5.74) is 2.34. The monoisotopic (exact) mass is 525 g/mol. The van der Waals surface area contributed by atoms with Crippen LogP contribution in [0.2, 0.25) is 0 Å². The van der Waals surface area contributed by atoms with Gasteiger partial charge in [0.15, 0.2) is 0 Å². The molecule has 0 spiro atoms. The summed E-state index contributed by atoms with van der Waals surface area (Å²) in [6, 6.07) is 10.4. The lowest BCUT2D eigenvalue weighted by molar-refractivity contribution is -0.129. The zero-order valence-electron chi connectivity index (χ0n) is 22.4. The first-order valence-electron chi connectivity index (χ1n) is 13.2. The Morgan fingerprint density at radius 3 is 2.35 bits per heavy atom. The Labute approximate surface area is 220 Å². The number of anilines is 1. The average Bonchev–Trinajstić information content (AvgIpc) is 3.30. The second-order valence-electron chi connectivity index (χ2n) is 10.6. The van der Waals surface area contributed by atoms with Crippen molar-refractivity contribution >= 4 is 32.3 Å². The molecule has 0 radical (unpaired) electrons. The predicted molar refractivity (Wildman–Crippen MR) is 149 cm³/mol. The molecule has 9 heteroatoms. The van der Waals surface area contributed by atoms with Crippen LogP contribution in [0.5, 0.6) is 0 Å². The summed E-state index contributed by atoms with van der Waals surface area (Å²) in [6.07, 6.45) is 9.81. The Bertz CT molecular complexity index is 1320. The van der Waals surface area contributed by atoms with Crippen molar-refractivity contribution in [2.45, 2.75) is 46.5 Å². The van der Waals surface area contributed by atoms with E-state index in [4.69, 9.17) is 0 Å². The van der Waals surface area contributed by atoms with Crippen LogP contribution in [-0.2, 0) is 14.6 Å². The van der Waals surface area contributed by atoms with Gasteiger partial charge >= 0.3 is 0 Å². The van der Waals surface area contributed by atoms with E-state index in [1.807, 2.05) is 17.9 Å². The summed E-state index contributed by atoms with van der Waals surface area (Å²) in [5, 5.41) is 1.20. The van der Waals surface area contributed by atoms with E-state index in [0.29, 0.717) is 11.7 Å². The fourth-order valence-electron chi connectivity index (χ4n) is 5.39. The fourth-order valence-corrected chi connectivity index (χ4v) is 6.58. The molecule has 8 nitrogen and oxygen atoms in total. The standard InChI is InChI=1S/C19H21N5O.C9H18O2S/c1-14-20-8-6-19(21-14)24-9-7-16-17(4-3-5-18(16)24)23-12-10-22(11-13-23)15(2)25;1-8-3-5-9(6-4-8)7-12(2,10)11/h3-9H,10-13H2,1-2H3;8-9H,3-7H2,1-2H3. The maximum Gasteiger partial charge on any atom is 0.219 e. The summed E-state index contributed by atoms with van der Waals surface area (Å²) in [7, 11) is -2.74. The summed E-state index contributed by atoms with van der Waals surface area (Å²) < 4.78 is 24.1. The number of piperazine rings is 1. The number of benzene rings is 1. The van der Waals surface area contributed by atoms with Gasteiger partial charge in [0.2, 0.25) is 5.91 Å². The Balaban J connectivity index is 0.000000225. The minimum absolute atomic E-state index is 0.156. The van der Waals surface area contributed by atoms with Crippen molar-refractivity contribution in [3.8, 4) is 5.82 Å². The van der Waals surface area contributed by atoms with Gasteiger partial charge in [0, 0.05) is 62.8 Å². The highest BCUT2D eigenvalue weighted by molar-refractivity contribution is 7.90. The number of fused-ring (bicyclic) bond motifs is 1. The number of aromatic nitrogens is 3. The molecule has 1 amide bonds. The Morgan fingerprint density at radius 2 is 1.73 bits per heavy atom. The molecular weight excluding hydrogens is 486 g/mol. The summed E-state index contributed by atoms with van der Waals surface area (Å²) in [5.74, 6) is 3.44. The maximum absolute atomic E-state index is 11.5. The molecule has 0 atom stereocenters. The molecule has 2 aliphatic rings. The van der Waals surface area contributed by atoms with E-state index < -0.39 is 9.84 Å². The Kier molecular flexibility index (Phi) is 8.52. The molecule has 5 rings (SSSR count). The van der Waals surface area contributed by atoms with Crippen LogP contribution in [0.1, 0.15) is 45.4 Å². The second-order valence-corrected chi connectivity index (χ2v) is 12.8. The third-order valence-electron chi connectivity index (χ3n) is 7.46. The topological polar surface area (TPSA) is 88.4 Å². The normalized spacial score (nSPS) is 20.4. The van der Waals surface area contributed by atoms with Crippen molar-refractivity contribution in [3.63, 3.8) is 0 Å². The van der Waals surface area contributed by atoms with E-state index in [1.165, 1.54) is 30.2 Å². The molecule has 1 aliphatic carbocycles. The quantitative estimate of drug-likeness (QED) is 0.506. The number of carbonyl (C=O) groups excluding carboxylic acids is 1. The first-order valence-corrected chi connectivity index (χ1v) is 15.2. The van der Waals surface area contributed by atoms with Crippen molar-refractivity contribution in [1.82, 2.24) is 19.4 Å². The number of aryl methyl sites for hydroxylation is 1. The van der Waals surface area contributed by atoms with Crippen molar-refractivity contribution in [2.24, 2.45) is 11.8 Å². The molecule has 2 aromatic heterocycles. The number of sulfone groups is 1. The Morgan fingerprint density at radius 1 is 1.03 bits per heavy atom. The number of hydrogen-bond donors (Lipinski definition) is 0. The van der Waals surface area contributed by atoms with E-state index in [9.17, 15) is 13.2 Å². The minimum atomic E-state index is -2.74. The number of carbonyl (C=O) groups is 1. The van der Waals surface area contributed by atoms with Crippen LogP contribution in [0, 0.1) is 18.8 Å². The van der Waals surface area contributed by atoms with Gasteiger partial charge in [0.1, 0.15) is 21.5 Å². The smallest absolute Gasteiger partial charge is 0.219 e. The van der Waals surface area contributed by atoms with E-state index >= 15 is 0 Å². The minimum Gasteiger partial charge on any atom is -0.367 e. The molecule has 1 aliphatic heterocycles. The molecular formula is C28H39N5O3S. The SMILES string of the molecule is CC(=O)N1CCN(c2cccc3c2ccn3-c2ccnc(C)n2)CC1.CC1CCC(CS(C)(=O)=O)CC1. The van der Waals surface area contributed by atoms with Gasteiger partial charge in [-0.25, -0.2) is 18.4 Å². The third-order valence-corrected chi connectivity index (χ3v) is 8.53. The van der Waals surface area contributed by atoms with E-state index in [0.717, 1.165) is 62.1 Å². The average molecular weight is 526 g/mol. The van der Waals surface area contributed by atoms with E-state index in [-0.39, 0.29) is 5.91 Å². The van der Waals surface area contributed by atoms with E-state index in [1.54, 1.807) is 13.1 Å². The van der Waals surface area contributed by atoms with Crippen molar-refractivity contribution in [2.75, 3.05) is 43.1 Å². The first kappa shape index (κ1) is 27.1. The van der Waals surface area contributed by atoms with Gasteiger partial charge in [0.05, 0.1) is 11.3 Å². The first-order chi connectivity index (χ1) is 17.6. The molecule has 2 fully saturated rings. The summed E-state index contributed by atoms with van der Waals surface area (Å²) in [4.78, 5) is 24.5. The van der Waals surface area contributed by atoms with Gasteiger partial charge in [-0.05, 0) is 55.9 Å². The van der Waals surface area contributed by atoms with Gasteiger partial charge in [-0.15, -0.1) is 0 Å². The van der Waals surface area contributed by atoms with Crippen LogP contribution in [0.3, 0.4) is 0 Å². The lowest BCUT2D eigenvalue weighted by atomic mass is 9.84. The second kappa shape index (κ2) is 11.6. The van der Waals surface area contributed by atoms with Gasteiger partial charge < -0.3 is 14.4 Å². The highest BCUT2D eigenvalue weighted by Gasteiger charge is 2.22.